The first-order chi connectivity index (χ1) is 10.0. The first-order valence-corrected chi connectivity index (χ1v) is 8.27. The second kappa shape index (κ2) is 7.09. The number of aromatic nitrogens is 2. The van der Waals surface area contributed by atoms with E-state index >= 15 is 0 Å². The van der Waals surface area contributed by atoms with Gasteiger partial charge in [-0.25, -0.2) is 4.68 Å². The fourth-order valence-corrected chi connectivity index (χ4v) is 3.06. The number of hydrogen-bond acceptors (Lipinski definition) is 4. The van der Waals surface area contributed by atoms with Gasteiger partial charge in [-0.2, -0.15) is 5.10 Å². The Morgan fingerprint density at radius 3 is 2.71 bits per heavy atom. The molecule has 0 fully saturated rings. The maximum Gasteiger partial charge on any atom is 0.287 e. The number of halogens is 1. The van der Waals surface area contributed by atoms with Crippen molar-refractivity contribution in [3.05, 3.63) is 43.5 Å². The van der Waals surface area contributed by atoms with Crippen LogP contribution in [0.25, 0.3) is 0 Å². The SMILES string of the molecule is CCc1ccc(CNc2cnn(CC(C)C)c(=O)c2Cl)s1. The third kappa shape index (κ3) is 4.08. The zero-order valence-electron chi connectivity index (χ0n) is 12.5. The van der Waals surface area contributed by atoms with Gasteiger partial charge in [-0.1, -0.05) is 32.4 Å². The minimum absolute atomic E-state index is 0.206. The second-order valence-corrected chi connectivity index (χ2v) is 6.96. The van der Waals surface area contributed by atoms with Crippen molar-refractivity contribution in [3.8, 4) is 0 Å². The Hall–Kier alpha value is -1.33. The first kappa shape index (κ1) is 16.0. The van der Waals surface area contributed by atoms with E-state index in [1.165, 1.54) is 14.4 Å². The van der Waals surface area contributed by atoms with E-state index in [9.17, 15) is 4.79 Å². The van der Waals surface area contributed by atoms with E-state index in [0.29, 0.717) is 24.7 Å². The van der Waals surface area contributed by atoms with Gasteiger partial charge in [-0.05, 0) is 24.5 Å². The van der Waals surface area contributed by atoms with Crippen LogP contribution in [-0.4, -0.2) is 9.78 Å². The monoisotopic (exact) mass is 325 g/mol. The number of aryl methyl sites for hydroxylation is 1. The third-order valence-electron chi connectivity index (χ3n) is 3.04. The predicted octanol–water partition coefficient (Wildman–Crippen LogP) is 3.79. The van der Waals surface area contributed by atoms with Crippen molar-refractivity contribution in [2.45, 2.75) is 40.3 Å². The molecule has 0 aliphatic carbocycles. The van der Waals surface area contributed by atoms with Crippen molar-refractivity contribution in [1.29, 1.82) is 0 Å². The number of nitrogens with zero attached hydrogens (tertiary/aromatic N) is 2. The molecule has 0 atom stereocenters. The Morgan fingerprint density at radius 1 is 1.38 bits per heavy atom. The lowest BCUT2D eigenvalue weighted by molar-refractivity contribution is 0.464. The minimum atomic E-state index is -0.240. The standard InChI is InChI=1S/C15H20ClN3OS/c1-4-11-5-6-12(21-11)7-17-13-8-18-19(9-10(2)3)15(20)14(13)16/h5-6,8,10,17H,4,7,9H2,1-3H3. The highest BCUT2D eigenvalue weighted by Gasteiger charge is 2.10. The lowest BCUT2D eigenvalue weighted by atomic mass is 10.2. The van der Waals surface area contributed by atoms with Crippen LogP contribution in [0.15, 0.2) is 23.1 Å². The van der Waals surface area contributed by atoms with Crippen molar-refractivity contribution in [3.63, 3.8) is 0 Å². The van der Waals surface area contributed by atoms with E-state index < -0.39 is 0 Å². The summed E-state index contributed by atoms with van der Waals surface area (Å²) in [6, 6.07) is 4.22. The maximum absolute atomic E-state index is 12.1. The summed E-state index contributed by atoms with van der Waals surface area (Å²) in [5.41, 5.74) is 0.351. The second-order valence-electron chi connectivity index (χ2n) is 5.33. The molecular weight excluding hydrogens is 306 g/mol. The molecule has 0 aliphatic rings. The number of nitrogens with one attached hydrogen (secondary N) is 1. The Kier molecular flexibility index (Phi) is 5.42. The van der Waals surface area contributed by atoms with E-state index in [-0.39, 0.29) is 10.6 Å². The Morgan fingerprint density at radius 2 is 2.10 bits per heavy atom. The van der Waals surface area contributed by atoms with Crippen molar-refractivity contribution in [2.24, 2.45) is 5.92 Å². The highest BCUT2D eigenvalue weighted by atomic mass is 35.5. The minimum Gasteiger partial charge on any atom is -0.377 e. The number of hydrogen-bond donors (Lipinski definition) is 1. The van der Waals surface area contributed by atoms with Gasteiger partial charge in [-0.3, -0.25) is 4.79 Å². The zero-order chi connectivity index (χ0) is 15.4. The molecule has 0 radical (unpaired) electrons. The van der Waals surface area contributed by atoms with E-state index in [1.807, 2.05) is 13.8 Å². The van der Waals surface area contributed by atoms with Crippen LogP contribution in [0.5, 0.6) is 0 Å². The molecule has 2 heterocycles. The highest BCUT2D eigenvalue weighted by molar-refractivity contribution is 7.12. The van der Waals surface area contributed by atoms with Gasteiger partial charge >= 0.3 is 0 Å². The molecule has 114 valence electrons. The molecule has 2 aromatic rings. The molecule has 0 bridgehead atoms. The van der Waals surface area contributed by atoms with Crippen LogP contribution in [0, 0.1) is 5.92 Å². The summed E-state index contributed by atoms with van der Waals surface area (Å²) in [7, 11) is 0. The van der Waals surface area contributed by atoms with E-state index in [1.54, 1.807) is 17.5 Å². The van der Waals surface area contributed by atoms with Gasteiger partial charge in [0.1, 0.15) is 5.02 Å². The average Bonchev–Trinajstić information content (AvgIpc) is 2.91. The van der Waals surface area contributed by atoms with E-state index in [4.69, 9.17) is 11.6 Å². The Balaban J connectivity index is 2.10. The highest BCUT2D eigenvalue weighted by Crippen LogP contribution is 2.20. The molecule has 2 aromatic heterocycles. The summed E-state index contributed by atoms with van der Waals surface area (Å²) in [6.07, 6.45) is 2.67. The van der Waals surface area contributed by atoms with Crippen LogP contribution < -0.4 is 10.9 Å². The van der Waals surface area contributed by atoms with Gasteiger partial charge in [-0.15, -0.1) is 11.3 Å². The lowest BCUT2D eigenvalue weighted by Crippen LogP contribution is -2.26. The van der Waals surface area contributed by atoms with Crippen LogP contribution in [0.4, 0.5) is 5.69 Å². The molecular formula is C15H20ClN3OS. The Labute approximate surface area is 133 Å². The fourth-order valence-electron chi connectivity index (χ4n) is 1.95. The topological polar surface area (TPSA) is 46.9 Å². The van der Waals surface area contributed by atoms with Crippen LogP contribution >= 0.6 is 22.9 Å². The molecule has 0 unspecified atom stereocenters. The molecule has 0 aromatic carbocycles. The quantitative estimate of drug-likeness (QED) is 0.879. The van der Waals surface area contributed by atoms with Crippen molar-refractivity contribution < 1.29 is 0 Å². The molecule has 0 spiro atoms. The summed E-state index contributed by atoms with van der Waals surface area (Å²) in [5, 5.41) is 7.57. The molecule has 0 amide bonds. The molecule has 2 rings (SSSR count). The van der Waals surface area contributed by atoms with Crippen molar-refractivity contribution >= 4 is 28.6 Å². The summed E-state index contributed by atoms with van der Waals surface area (Å²) in [5.74, 6) is 0.351. The van der Waals surface area contributed by atoms with Crippen LogP contribution in [0.2, 0.25) is 5.02 Å². The van der Waals surface area contributed by atoms with Gasteiger partial charge in [0.25, 0.3) is 5.56 Å². The van der Waals surface area contributed by atoms with Crippen LogP contribution in [0.3, 0.4) is 0 Å². The van der Waals surface area contributed by atoms with Gasteiger partial charge in [0.15, 0.2) is 0 Å². The number of anilines is 1. The van der Waals surface area contributed by atoms with Crippen LogP contribution in [0.1, 0.15) is 30.5 Å². The molecule has 6 heteroatoms. The van der Waals surface area contributed by atoms with Gasteiger partial charge in [0, 0.05) is 22.8 Å². The molecule has 0 saturated carbocycles. The summed E-state index contributed by atoms with van der Waals surface area (Å²) in [6.45, 7) is 7.44. The third-order valence-corrected chi connectivity index (χ3v) is 4.64. The molecule has 1 N–H and O–H groups in total. The average molecular weight is 326 g/mol. The van der Waals surface area contributed by atoms with Gasteiger partial charge in [0.2, 0.25) is 0 Å². The fraction of sp³-hybridized carbons (Fsp3) is 0.467. The molecule has 21 heavy (non-hydrogen) atoms. The summed E-state index contributed by atoms with van der Waals surface area (Å²) in [4.78, 5) is 14.7. The van der Waals surface area contributed by atoms with E-state index in [0.717, 1.165) is 6.42 Å². The maximum atomic E-state index is 12.1. The summed E-state index contributed by atoms with van der Waals surface area (Å²) < 4.78 is 1.42. The molecule has 0 saturated heterocycles. The van der Waals surface area contributed by atoms with E-state index in [2.05, 4.69) is 29.5 Å². The molecule has 4 nitrogen and oxygen atoms in total. The largest absolute Gasteiger partial charge is 0.377 e. The van der Waals surface area contributed by atoms with Gasteiger partial charge < -0.3 is 5.32 Å². The Bertz CT molecular complexity index is 663. The van der Waals surface area contributed by atoms with Crippen LogP contribution in [-0.2, 0) is 19.5 Å². The lowest BCUT2D eigenvalue weighted by Gasteiger charge is -2.11. The van der Waals surface area contributed by atoms with Crippen molar-refractivity contribution in [2.75, 3.05) is 5.32 Å². The summed E-state index contributed by atoms with van der Waals surface area (Å²) >= 11 is 7.91. The number of rotatable bonds is 6. The normalized spacial score (nSPS) is 11.1. The van der Waals surface area contributed by atoms with Gasteiger partial charge in [0.05, 0.1) is 11.9 Å². The predicted molar refractivity (Wildman–Crippen MR) is 89.4 cm³/mol. The first-order valence-electron chi connectivity index (χ1n) is 7.08. The number of thiophene rings is 1. The zero-order valence-corrected chi connectivity index (χ0v) is 14.1. The smallest absolute Gasteiger partial charge is 0.287 e. The van der Waals surface area contributed by atoms with Crippen molar-refractivity contribution in [1.82, 2.24) is 9.78 Å². The molecule has 0 aliphatic heterocycles.